The minimum Gasteiger partial charge on any atom is -0.508 e. The van der Waals surface area contributed by atoms with E-state index >= 15 is 0 Å². The summed E-state index contributed by atoms with van der Waals surface area (Å²) in [7, 11) is 1.65. The van der Waals surface area contributed by atoms with Gasteiger partial charge in [-0.3, -0.25) is 0 Å². The molecule has 0 heterocycles. The van der Waals surface area contributed by atoms with Gasteiger partial charge in [-0.25, -0.2) is 0 Å². The van der Waals surface area contributed by atoms with Gasteiger partial charge >= 0.3 is 0 Å². The van der Waals surface area contributed by atoms with Crippen LogP contribution in [-0.2, 0) is 6.42 Å². The second-order valence-corrected chi connectivity index (χ2v) is 6.61. The minimum atomic E-state index is -0.810. The molecule has 136 valence electrons. The van der Waals surface area contributed by atoms with Gasteiger partial charge in [0.25, 0.3) is 0 Å². The van der Waals surface area contributed by atoms with E-state index in [9.17, 15) is 15.3 Å². The topological polar surface area (TPSA) is 82.0 Å². The lowest BCUT2D eigenvalue weighted by molar-refractivity contribution is 0.164. The number of nitrogens with one attached hydrogen (secondary N) is 1. The molecule has 4 N–H and O–H groups in total. The molecular weight excluding hydrogens is 318 g/mol. The molecule has 0 aliphatic carbocycles. The summed E-state index contributed by atoms with van der Waals surface area (Å²) >= 11 is 0. The minimum absolute atomic E-state index is 0.0623. The molecule has 0 unspecified atom stereocenters. The van der Waals surface area contributed by atoms with Crippen LogP contribution in [0.2, 0.25) is 0 Å². The molecule has 2 aromatic rings. The quantitative estimate of drug-likeness (QED) is 0.591. The molecule has 2 rings (SSSR count). The third-order valence-corrected chi connectivity index (χ3v) is 4.30. The molecule has 25 heavy (non-hydrogen) atoms. The number of hydrogen-bond donors (Lipinski definition) is 4. The molecule has 0 saturated heterocycles. The van der Waals surface area contributed by atoms with E-state index in [0.717, 1.165) is 12.2 Å². The zero-order valence-corrected chi connectivity index (χ0v) is 14.9. The highest BCUT2D eigenvalue weighted by Gasteiger charge is 2.17. The van der Waals surface area contributed by atoms with Crippen LogP contribution in [0.3, 0.4) is 0 Å². The molecule has 0 bridgehead atoms. The third kappa shape index (κ3) is 5.66. The van der Waals surface area contributed by atoms with Crippen LogP contribution in [0.4, 0.5) is 0 Å². The standard InChI is InChI=1S/C20H27NO4/c1-13(2)19(8-14-4-6-18(25-3)7-5-14)21-12-20(24)15-9-16(22)11-17(23)10-15/h4-7,9-11,13,19-24H,8,12H2,1-3H3/t19-,20-/m0/s1. The van der Waals surface area contributed by atoms with Crippen molar-refractivity contribution in [2.45, 2.75) is 32.4 Å². The van der Waals surface area contributed by atoms with Gasteiger partial charge in [0, 0.05) is 18.7 Å². The van der Waals surface area contributed by atoms with Gasteiger partial charge in [0.15, 0.2) is 0 Å². The van der Waals surface area contributed by atoms with Gasteiger partial charge in [-0.15, -0.1) is 0 Å². The van der Waals surface area contributed by atoms with E-state index < -0.39 is 6.10 Å². The van der Waals surface area contributed by atoms with Crippen molar-refractivity contribution in [3.05, 3.63) is 53.6 Å². The van der Waals surface area contributed by atoms with E-state index in [4.69, 9.17) is 4.74 Å². The highest BCUT2D eigenvalue weighted by Crippen LogP contribution is 2.25. The molecule has 0 spiro atoms. The molecule has 5 nitrogen and oxygen atoms in total. The fourth-order valence-corrected chi connectivity index (χ4v) is 2.75. The van der Waals surface area contributed by atoms with Gasteiger partial charge in [-0.1, -0.05) is 26.0 Å². The Morgan fingerprint density at radius 3 is 2.12 bits per heavy atom. The first-order valence-corrected chi connectivity index (χ1v) is 8.46. The number of ether oxygens (including phenoxy) is 1. The number of benzene rings is 2. The summed E-state index contributed by atoms with van der Waals surface area (Å²) in [4.78, 5) is 0. The Morgan fingerprint density at radius 2 is 1.60 bits per heavy atom. The Labute approximate surface area is 148 Å². The molecule has 5 heteroatoms. The van der Waals surface area contributed by atoms with E-state index in [1.165, 1.54) is 23.8 Å². The highest BCUT2D eigenvalue weighted by molar-refractivity contribution is 5.37. The molecule has 2 atom stereocenters. The first-order chi connectivity index (χ1) is 11.9. The number of aliphatic hydroxyl groups excluding tert-OH is 1. The summed E-state index contributed by atoms with van der Waals surface area (Å²) in [6.07, 6.45) is 0.0229. The van der Waals surface area contributed by atoms with E-state index in [0.29, 0.717) is 18.0 Å². The van der Waals surface area contributed by atoms with Crippen molar-refractivity contribution in [3.63, 3.8) is 0 Å². The zero-order chi connectivity index (χ0) is 18.4. The van der Waals surface area contributed by atoms with Crippen molar-refractivity contribution in [2.75, 3.05) is 13.7 Å². The van der Waals surface area contributed by atoms with Gasteiger partial charge in [0.1, 0.15) is 17.2 Å². The van der Waals surface area contributed by atoms with Gasteiger partial charge in [0.05, 0.1) is 13.2 Å². The Bertz CT molecular complexity index is 650. The monoisotopic (exact) mass is 345 g/mol. The normalized spacial score (nSPS) is 13.6. The number of phenolic OH excluding ortho intramolecular Hbond substituents is 2. The number of hydrogen-bond acceptors (Lipinski definition) is 5. The molecule has 0 aliphatic heterocycles. The van der Waals surface area contributed by atoms with Gasteiger partial charge in [-0.05, 0) is 47.7 Å². The number of aliphatic hydroxyl groups is 1. The summed E-state index contributed by atoms with van der Waals surface area (Å²) in [5, 5.41) is 32.8. The zero-order valence-electron chi connectivity index (χ0n) is 14.9. The largest absolute Gasteiger partial charge is 0.508 e. The molecule has 0 radical (unpaired) electrons. The third-order valence-electron chi connectivity index (χ3n) is 4.30. The molecule has 0 aliphatic rings. The second kappa shape index (κ2) is 8.74. The van der Waals surface area contributed by atoms with E-state index in [1.807, 2.05) is 24.3 Å². The molecule has 0 fully saturated rings. The number of methoxy groups -OCH3 is 1. The first-order valence-electron chi connectivity index (χ1n) is 8.46. The number of rotatable bonds is 8. The van der Waals surface area contributed by atoms with Crippen molar-refractivity contribution in [1.82, 2.24) is 5.32 Å². The van der Waals surface area contributed by atoms with Crippen LogP contribution < -0.4 is 10.1 Å². The van der Waals surface area contributed by atoms with Crippen LogP contribution in [0.5, 0.6) is 17.2 Å². The Morgan fingerprint density at radius 1 is 1.00 bits per heavy atom. The van der Waals surface area contributed by atoms with Crippen LogP contribution in [-0.4, -0.2) is 35.0 Å². The summed E-state index contributed by atoms with van der Waals surface area (Å²) in [6.45, 7) is 4.60. The summed E-state index contributed by atoms with van der Waals surface area (Å²) in [6, 6.07) is 12.3. The maximum atomic E-state index is 10.3. The van der Waals surface area contributed by atoms with Gasteiger partial charge in [0.2, 0.25) is 0 Å². The molecular formula is C20H27NO4. The highest BCUT2D eigenvalue weighted by atomic mass is 16.5. The number of phenols is 2. The average molecular weight is 345 g/mol. The lowest BCUT2D eigenvalue weighted by atomic mass is 9.96. The van der Waals surface area contributed by atoms with Crippen molar-refractivity contribution < 1.29 is 20.1 Å². The van der Waals surface area contributed by atoms with E-state index in [1.54, 1.807) is 7.11 Å². The Kier molecular flexibility index (Phi) is 6.67. The number of aromatic hydroxyl groups is 2. The summed E-state index contributed by atoms with van der Waals surface area (Å²) in [5.41, 5.74) is 1.67. The maximum Gasteiger partial charge on any atom is 0.119 e. The van der Waals surface area contributed by atoms with Crippen LogP contribution >= 0.6 is 0 Å². The lowest BCUT2D eigenvalue weighted by Gasteiger charge is -2.24. The SMILES string of the molecule is COc1ccc(C[C@H](NC[C@H](O)c2cc(O)cc(O)c2)C(C)C)cc1. The van der Waals surface area contributed by atoms with Crippen molar-refractivity contribution in [2.24, 2.45) is 5.92 Å². The van der Waals surface area contributed by atoms with Gasteiger partial charge < -0.3 is 25.4 Å². The van der Waals surface area contributed by atoms with Crippen molar-refractivity contribution in [3.8, 4) is 17.2 Å². The Hall–Kier alpha value is -2.24. The van der Waals surface area contributed by atoms with Crippen LogP contribution in [0.1, 0.15) is 31.1 Å². The van der Waals surface area contributed by atoms with Crippen molar-refractivity contribution in [1.29, 1.82) is 0 Å². The fraction of sp³-hybridized carbons (Fsp3) is 0.400. The van der Waals surface area contributed by atoms with Crippen LogP contribution in [0.25, 0.3) is 0 Å². The summed E-state index contributed by atoms with van der Waals surface area (Å²) < 4.78 is 5.18. The lowest BCUT2D eigenvalue weighted by Crippen LogP contribution is -2.38. The van der Waals surface area contributed by atoms with Crippen molar-refractivity contribution >= 4 is 0 Å². The molecule has 2 aromatic carbocycles. The van der Waals surface area contributed by atoms with E-state index in [-0.39, 0.29) is 17.5 Å². The second-order valence-electron chi connectivity index (χ2n) is 6.61. The molecule has 0 saturated carbocycles. The Balaban J connectivity index is 1.98. The smallest absolute Gasteiger partial charge is 0.119 e. The average Bonchev–Trinajstić information content (AvgIpc) is 2.57. The van der Waals surface area contributed by atoms with E-state index in [2.05, 4.69) is 19.2 Å². The van der Waals surface area contributed by atoms with Crippen LogP contribution in [0.15, 0.2) is 42.5 Å². The predicted molar refractivity (Wildman–Crippen MR) is 98.1 cm³/mol. The van der Waals surface area contributed by atoms with Gasteiger partial charge in [-0.2, -0.15) is 0 Å². The molecule has 0 aromatic heterocycles. The van der Waals surface area contributed by atoms with Crippen LogP contribution in [0, 0.1) is 5.92 Å². The molecule has 0 amide bonds. The fourth-order valence-electron chi connectivity index (χ4n) is 2.75. The first kappa shape index (κ1) is 19.1. The predicted octanol–water partition coefficient (Wildman–Crippen LogP) is 3.00. The maximum absolute atomic E-state index is 10.3. The summed E-state index contributed by atoms with van der Waals surface area (Å²) in [5.74, 6) is 1.09.